The molecule has 0 bridgehead atoms. The minimum absolute atomic E-state index is 0.292. The highest BCUT2D eigenvalue weighted by Crippen LogP contribution is 2.19. The fourth-order valence-corrected chi connectivity index (χ4v) is 2.98. The summed E-state index contributed by atoms with van der Waals surface area (Å²) < 4.78 is 5.56. The zero-order valence-corrected chi connectivity index (χ0v) is 13.0. The van der Waals surface area contributed by atoms with E-state index in [1.165, 1.54) is 12.8 Å². The van der Waals surface area contributed by atoms with Crippen molar-refractivity contribution in [2.24, 2.45) is 0 Å². The molecule has 5 nitrogen and oxygen atoms in total. The maximum atomic E-state index is 5.56. The highest BCUT2D eigenvalue weighted by atomic mass is 32.1. The summed E-state index contributed by atoms with van der Waals surface area (Å²) in [6.07, 6.45) is 6.92. The average Bonchev–Trinajstić information content (AvgIpc) is 3.19. The molecule has 1 unspecified atom stereocenters. The van der Waals surface area contributed by atoms with E-state index in [4.69, 9.17) is 17.0 Å². The Labute approximate surface area is 131 Å². The third-order valence-electron chi connectivity index (χ3n) is 3.95. The van der Waals surface area contributed by atoms with Gasteiger partial charge >= 0.3 is 0 Å². The number of aromatic nitrogens is 1. The number of anilines is 2. The Morgan fingerprint density at radius 1 is 1.33 bits per heavy atom. The van der Waals surface area contributed by atoms with Gasteiger partial charge in [-0.1, -0.05) is 0 Å². The lowest BCUT2D eigenvalue weighted by Crippen LogP contribution is -2.34. The maximum Gasteiger partial charge on any atom is 0.170 e. The quantitative estimate of drug-likeness (QED) is 0.831. The lowest BCUT2D eigenvalue weighted by molar-refractivity contribution is 0.114. The number of nitrogens with one attached hydrogen (secondary N) is 2. The van der Waals surface area contributed by atoms with Crippen molar-refractivity contribution >= 4 is 28.8 Å². The molecule has 0 aromatic carbocycles. The van der Waals surface area contributed by atoms with Crippen molar-refractivity contribution in [1.29, 1.82) is 0 Å². The Morgan fingerprint density at radius 3 is 2.86 bits per heavy atom. The zero-order chi connectivity index (χ0) is 14.5. The van der Waals surface area contributed by atoms with E-state index in [1.807, 2.05) is 12.3 Å². The first-order valence-electron chi connectivity index (χ1n) is 7.69. The summed E-state index contributed by atoms with van der Waals surface area (Å²) in [7, 11) is 0. The van der Waals surface area contributed by atoms with Crippen molar-refractivity contribution < 1.29 is 4.74 Å². The largest absolute Gasteiger partial charge is 0.376 e. The molecule has 2 aliphatic rings. The van der Waals surface area contributed by atoms with Crippen LogP contribution < -0.4 is 15.5 Å². The van der Waals surface area contributed by atoms with E-state index in [0.29, 0.717) is 11.2 Å². The van der Waals surface area contributed by atoms with Gasteiger partial charge in [-0.05, 0) is 50.0 Å². The van der Waals surface area contributed by atoms with Crippen molar-refractivity contribution in [2.45, 2.75) is 31.8 Å². The fourth-order valence-electron chi connectivity index (χ4n) is 2.78. The van der Waals surface area contributed by atoms with Crippen molar-refractivity contribution in [3.05, 3.63) is 18.3 Å². The molecule has 2 aliphatic heterocycles. The van der Waals surface area contributed by atoms with Crippen LogP contribution in [-0.4, -0.2) is 42.4 Å². The molecule has 0 saturated carbocycles. The van der Waals surface area contributed by atoms with E-state index in [1.54, 1.807) is 0 Å². The van der Waals surface area contributed by atoms with Gasteiger partial charge < -0.3 is 20.3 Å². The molecule has 0 aliphatic carbocycles. The summed E-state index contributed by atoms with van der Waals surface area (Å²) in [5.74, 6) is 1.05. The van der Waals surface area contributed by atoms with E-state index >= 15 is 0 Å². The third kappa shape index (κ3) is 4.04. The first kappa shape index (κ1) is 14.5. The molecule has 3 heterocycles. The molecule has 0 radical (unpaired) electrons. The van der Waals surface area contributed by atoms with Crippen LogP contribution >= 0.6 is 12.2 Å². The van der Waals surface area contributed by atoms with E-state index in [9.17, 15) is 0 Å². The minimum Gasteiger partial charge on any atom is -0.376 e. The van der Waals surface area contributed by atoms with Crippen molar-refractivity contribution in [1.82, 2.24) is 10.3 Å². The molecule has 1 atom stereocenters. The first-order valence-corrected chi connectivity index (χ1v) is 8.09. The molecule has 1 aromatic rings. The lowest BCUT2D eigenvalue weighted by atomic mass is 10.2. The second-order valence-electron chi connectivity index (χ2n) is 5.57. The topological polar surface area (TPSA) is 49.4 Å². The number of hydrogen-bond donors (Lipinski definition) is 2. The summed E-state index contributed by atoms with van der Waals surface area (Å²) in [6.45, 7) is 3.86. The van der Waals surface area contributed by atoms with Crippen LogP contribution in [0.15, 0.2) is 18.3 Å². The molecule has 21 heavy (non-hydrogen) atoms. The van der Waals surface area contributed by atoms with Gasteiger partial charge in [0.1, 0.15) is 5.82 Å². The molecule has 114 valence electrons. The normalized spacial score (nSPS) is 21.5. The van der Waals surface area contributed by atoms with E-state index < -0.39 is 0 Å². The maximum absolute atomic E-state index is 5.56. The second kappa shape index (κ2) is 7.04. The fraction of sp³-hybridized carbons (Fsp3) is 0.600. The summed E-state index contributed by atoms with van der Waals surface area (Å²) in [5.41, 5.74) is 0.919. The molecule has 1 aromatic heterocycles. The van der Waals surface area contributed by atoms with E-state index in [0.717, 1.165) is 50.6 Å². The molecule has 2 saturated heterocycles. The van der Waals surface area contributed by atoms with Crippen LogP contribution in [0.1, 0.15) is 25.7 Å². The van der Waals surface area contributed by atoms with Crippen LogP contribution in [0.5, 0.6) is 0 Å². The number of pyridine rings is 1. The SMILES string of the molecule is S=C(NCC1CCCO1)Nc1ccc(N2CCCC2)nc1. The lowest BCUT2D eigenvalue weighted by Gasteiger charge is -2.17. The van der Waals surface area contributed by atoms with Gasteiger partial charge in [0.2, 0.25) is 0 Å². The molecule has 3 rings (SSSR count). The molecular weight excluding hydrogens is 284 g/mol. The van der Waals surface area contributed by atoms with Gasteiger partial charge in [-0.3, -0.25) is 0 Å². The first-order chi connectivity index (χ1) is 10.3. The number of thiocarbonyl (C=S) groups is 1. The second-order valence-corrected chi connectivity index (χ2v) is 5.98. The van der Waals surface area contributed by atoms with Gasteiger partial charge in [-0.2, -0.15) is 0 Å². The number of rotatable bonds is 4. The molecule has 0 amide bonds. The monoisotopic (exact) mass is 306 g/mol. The Bertz CT molecular complexity index is 467. The summed E-state index contributed by atoms with van der Waals surface area (Å²) in [6, 6.07) is 4.08. The average molecular weight is 306 g/mol. The van der Waals surface area contributed by atoms with Gasteiger partial charge in [-0.25, -0.2) is 4.98 Å². The van der Waals surface area contributed by atoms with Gasteiger partial charge in [0.05, 0.1) is 18.0 Å². The standard InChI is InChI=1S/C15H22N4OS/c21-15(17-11-13-4-3-9-20-13)18-12-5-6-14(16-10-12)19-7-1-2-8-19/h5-6,10,13H,1-4,7-9,11H2,(H2,17,18,21). The summed E-state index contributed by atoms with van der Waals surface area (Å²) >= 11 is 5.29. The zero-order valence-electron chi connectivity index (χ0n) is 12.2. The predicted octanol–water partition coefficient (Wildman–Crippen LogP) is 2.15. The van der Waals surface area contributed by atoms with Gasteiger partial charge in [0, 0.05) is 26.2 Å². The van der Waals surface area contributed by atoms with Crippen molar-refractivity contribution in [3.8, 4) is 0 Å². The number of ether oxygens (including phenoxy) is 1. The molecule has 6 heteroatoms. The van der Waals surface area contributed by atoms with Crippen LogP contribution in [0.3, 0.4) is 0 Å². The van der Waals surface area contributed by atoms with Gasteiger partial charge in [0.15, 0.2) is 5.11 Å². The van der Waals surface area contributed by atoms with Gasteiger partial charge in [0.25, 0.3) is 0 Å². The van der Waals surface area contributed by atoms with Crippen molar-refractivity contribution in [2.75, 3.05) is 36.5 Å². The van der Waals surface area contributed by atoms with Gasteiger partial charge in [-0.15, -0.1) is 0 Å². The molecule has 0 spiro atoms. The van der Waals surface area contributed by atoms with Crippen LogP contribution in [0.25, 0.3) is 0 Å². The smallest absolute Gasteiger partial charge is 0.170 e. The Hall–Kier alpha value is -1.40. The van der Waals surface area contributed by atoms with E-state index in [2.05, 4.69) is 26.6 Å². The van der Waals surface area contributed by atoms with E-state index in [-0.39, 0.29) is 0 Å². The Kier molecular flexibility index (Phi) is 4.87. The molecule has 2 fully saturated rings. The number of hydrogen-bond acceptors (Lipinski definition) is 4. The highest BCUT2D eigenvalue weighted by molar-refractivity contribution is 7.80. The third-order valence-corrected chi connectivity index (χ3v) is 4.20. The van der Waals surface area contributed by atoms with Crippen LogP contribution in [-0.2, 0) is 4.74 Å². The summed E-state index contributed by atoms with van der Waals surface area (Å²) in [4.78, 5) is 6.82. The molecular formula is C15H22N4OS. The Morgan fingerprint density at radius 2 is 2.19 bits per heavy atom. The van der Waals surface area contributed by atoms with Crippen molar-refractivity contribution in [3.63, 3.8) is 0 Å². The minimum atomic E-state index is 0.292. The van der Waals surface area contributed by atoms with Crippen LogP contribution in [0.2, 0.25) is 0 Å². The van der Waals surface area contributed by atoms with Crippen LogP contribution in [0.4, 0.5) is 11.5 Å². The summed E-state index contributed by atoms with van der Waals surface area (Å²) in [5, 5.41) is 6.99. The Balaban J connectivity index is 1.46. The molecule has 2 N–H and O–H groups in total. The highest BCUT2D eigenvalue weighted by Gasteiger charge is 2.15. The number of nitrogens with zero attached hydrogens (tertiary/aromatic N) is 2. The predicted molar refractivity (Wildman–Crippen MR) is 88.9 cm³/mol. The van der Waals surface area contributed by atoms with Crippen LogP contribution in [0, 0.1) is 0 Å².